The fraction of sp³-hybridized carbons (Fsp3) is 0.933. The molecule has 0 aromatic rings. The molecule has 0 heterocycles. The van der Waals surface area contributed by atoms with Gasteiger partial charge in [0.1, 0.15) is 0 Å². The molecule has 132 valence electrons. The zero-order valence-corrected chi connectivity index (χ0v) is 15.8. The minimum absolute atomic E-state index is 0. The zero-order chi connectivity index (χ0) is 16.3. The molecule has 2 N–H and O–H groups in total. The zero-order valence-electron chi connectivity index (χ0n) is 14.2. The van der Waals surface area contributed by atoms with E-state index in [9.17, 15) is 13.2 Å². The van der Waals surface area contributed by atoms with Crippen LogP contribution in [-0.2, 0) is 14.6 Å². The summed E-state index contributed by atoms with van der Waals surface area (Å²) >= 11 is 0. The number of carbonyl (C=O) groups excluding carboxylic acids is 1. The Kier molecular flexibility index (Phi) is 8.37. The van der Waals surface area contributed by atoms with Gasteiger partial charge in [0.25, 0.3) is 0 Å². The number of sulfone groups is 1. The van der Waals surface area contributed by atoms with Gasteiger partial charge in [-0.25, -0.2) is 8.42 Å². The molecule has 0 aromatic heterocycles. The molecule has 1 rings (SSSR count). The number of amides is 1. The number of rotatable bonds is 6. The van der Waals surface area contributed by atoms with Crippen molar-refractivity contribution in [2.75, 3.05) is 19.8 Å². The van der Waals surface area contributed by atoms with Crippen LogP contribution in [0.5, 0.6) is 0 Å². The van der Waals surface area contributed by atoms with E-state index in [1.165, 1.54) is 12.7 Å². The highest BCUT2D eigenvalue weighted by Gasteiger charge is 2.36. The van der Waals surface area contributed by atoms with Crippen LogP contribution in [-0.4, -0.2) is 50.4 Å². The van der Waals surface area contributed by atoms with Crippen LogP contribution >= 0.6 is 12.4 Å². The van der Waals surface area contributed by atoms with Gasteiger partial charge in [-0.3, -0.25) is 4.79 Å². The van der Waals surface area contributed by atoms with Crippen molar-refractivity contribution in [1.82, 2.24) is 4.90 Å². The second-order valence-corrected chi connectivity index (χ2v) is 9.12. The van der Waals surface area contributed by atoms with Gasteiger partial charge in [-0.2, -0.15) is 0 Å². The second-order valence-electron chi connectivity index (χ2n) is 6.72. The number of nitrogens with two attached hydrogens (primary N) is 1. The lowest BCUT2D eigenvalue weighted by molar-refractivity contribution is -0.134. The lowest BCUT2D eigenvalue weighted by atomic mass is 9.71. The molecule has 1 aliphatic carbocycles. The standard InChI is InChI=1S/C15H30N2O3S.ClH/c1-12(13(2)21(4,19)20)17(3)14(18)10-15(11-16)8-6-5-7-9-15;/h12-13H,5-11,16H2,1-4H3;1H. The van der Waals surface area contributed by atoms with Crippen LogP contribution in [0.4, 0.5) is 0 Å². The van der Waals surface area contributed by atoms with Crippen LogP contribution < -0.4 is 5.73 Å². The van der Waals surface area contributed by atoms with Gasteiger partial charge in [-0.1, -0.05) is 19.3 Å². The molecule has 7 heteroatoms. The van der Waals surface area contributed by atoms with Gasteiger partial charge < -0.3 is 10.6 Å². The first-order chi connectivity index (χ1) is 9.63. The van der Waals surface area contributed by atoms with Crippen molar-refractivity contribution in [2.45, 2.75) is 63.7 Å². The number of hydrogen-bond donors (Lipinski definition) is 1. The van der Waals surface area contributed by atoms with E-state index >= 15 is 0 Å². The number of nitrogens with zero attached hydrogens (tertiary/aromatic N) is 1. The number of halogens is 1. The van der Waals surface area contributed by atoms with Crippen LogP contribution in [0, 0.1) is 5.41 Å². The van der Waals surface area contributed by atoms with Crippen molar-refractivity contribution in [3.8, 4) is 0 Å². The molecule has 0 radical (unpaired) electrons. The van der Waals surface area contributed by atoms with E-state index in [0.29, 0.717) is 13.0 Å². The monoisotopic (exact) mass is 354 g/mol. The molecular weight excluding hydrogens is 324 g/mol. The predicted octanol–water partition coefficient (Wildman–Crippen LogP) is 1.99. The normalized spacial score (nSPS) is 20.6. The Morgan fingerprint density at radius 3 is 2.14 bits per heavy atom. The molecule has 5 nitrogen and oxygen atoms in total. The summed E-state index contributed by atoms with van der Waals surface area (Å²) in [5.74, 6) is 0.00495. The van der Waals surface area contributed by atoms with Crippen LogP contribution in [0.25, 0.3) is 0 Å². The van der Waals surface area contributed by atoms with Gasteiger partial charge in [0.2, 0.25) is 5.91 Å². The summed E-state index contributed by atoms with van der Waals surface area (Å²) in [5, 5.41) is -0.563. The molecule has 1 saturated carbocycles. The maximum atomic E-state index is 12.5. The molecule has 0 aromatic carbocycles. The molecule has 1 fully saturated rings. The van der Waals surface area contributed by atoms with Crippen LogP contribution in [0.1, 0.15) is 52.4 Å². The molecule has 1 aliphatic rings. The predicted molar refractivity (Wildman–Crippen MR) is 93.0 cm³/mol. The largest absolute Gasteiger partial charge is 0.342 e. The Labute approximate surface area is 141 Å². The summed E-state index contributed by atoms with van der Waals surface area (Å²) in [6.45, 7) is 3.98. The molecular formula is C15H31ClN2O3S. The molecule has 1 amide bonds. The third-order valence-electron chi connectivity index (χ3n) is 5.23. The van der Waals surface area contributed by atoms with Crippen LogP contribution in [0.15, 0.2) is 0 Å². The highest BCUT2D eigenvalue weighted by molar-refractivity contribution is 7.91. The molecule has 2 atom stereocenters. The third kappa shape index (κ3) is 5.39. The minimum atomic E-state index is -3.15. The molecule has 0 aliphatic heterocycles. The lowest BCUT2D eigenvalue weighted by Gasteiger charge is -2.38. The smallest absolute Gasteiger partial charge is 0.223 e. The van der Waals surface area contributed by atoms with E-state index in [1.807, 2.05) is 0 Å². The molecule has 2 unspecified atom stereocenters. The van der Waals surface area contributed by atoms with Gasteiger partial charge in [0.05, 0.1) is 5.25 Å². The van der Waals surface area contributed by atoms with Crippen LogP contribution in [0.3, 0.4) is 0 Å². The van der Waals surface area contributed by atoms with E-state index in [-0.39, 0.29) is 29.8 Å². The lowest BCUT2D eigenvalue weighted by Crippen LogP contribution is -2.47. The quantitative estimate of drug-likeness (QED) is 0.790. The van der Waals surface area contributed by atoms with E-state index in [1.54, 1.807) is 25.8 Å². The summed E-state index contributed by atoms with van der Waals surface area (Å²) in [6, 6.07) is -0.328. The molecule has 0 saturated heterocycles. The average Bonchev–Trinajstić information content (AvgIpc) is 2.44. The third-order valence-corrected chi connectivity index (χ3v) is 6.98. The SMILES string of the molecule is CC(C(C)S(C)(=O)=O)N(C)C(=O)CC1(CN)CCCCC1.Cl. The first-order valence-electron chi connectivity index (χ1n) is 7.77. The summed E-state index contributed by atoms with van der Waals surface area (Å²) in [4.78, 5) is 14.1. The number of hydrogen-bond acceptors (Lipinski definition) is 4. The maximum Gasteiger partial charge on any atom is 0.223 e. The summed E-state index contributed by atoms with van der Waals surface area (Å²) < 4.78 is 23.3. The Hall–Kier alpha value is -0.330. The first kappa shape index (κ1) is 21.7. The van der Waals surface area contributed by atoms with Crippen LogP contribution in [0.2, 0.25) is 0 Å². The van der Waals surface area contributed by atoms with Gasteiger partial charge in [0, 0.05) is 25.8 Å². The maximum absolute atomic E-state index is 12.5. The first-order valence-corrected chi connectivity index (χ1v) is 9.73. The Balaban J connectivity index is 0.00000441. The van der Waals surface area contributed by atoms with Gasteiger partial charge in [-0.05, 0) is 38.6 Å². The van der Waals surface area contributed by atoms with E-state index in [4.69, 9.17) is 5.73 Å². The minimum Gasteiger partial charge on any atom is -0.342 e. The van der Waals surface area contributed by atoms with Crippen molar-refractivity contribution in [2.24, 2.45) is 11.1 Å². The number of carbonyl (C=O) groups is 1. The molecule has 22 heavy (non-hydrogen) atoms. The van der Waals surface area contributed by atoms with Crippen molar-refractivity contribution in [1.29, 1.82) is 0 Å². The van der Waals surface area contributed by atoms with E-state index in [0.717, 1.165) is 25.7 Å². The molecule has 0 bridgehead atoms. The van der Waals surface area contributed by atoms with Gasteiger partial charge in [0.15, 0.2) is 9.84 Å². The summed E-state index contributed by atoms with van der Waals surface area (Å²) in [7, 11) is -1.46. The summed E-state index contributed by atoms with van der Waals surface area (Å²) in [5.41, 5.74) is 5.84. The van der Waals surface area contributed by atoms with Crippen molar-refractivity contribution >= 4 is 28.2 Å². The topological polar surface area (TPSA) is 80.5 Å². The van der Waals surface area contributed by atoms with Crippen molar-refractivity contribution in [3.05, 3.63) is 0 Å². The second kappa shape index (κ2) is 8.50. The Morgan fingerprint density at radius 2 is 1.73 bits per heavy atom. The Morgan fingerprint density at radius 1 is 1.23 bits per heavy atom. The van der Waals surface area contributed by atoms with E-state index < -0.39 is 15.1 Å². The van der Waals surface area contributed by atoms with Gasteiger partial charge >= 0.3 is 0 Å². The highest BCUT2D eigenvalue weighted by atomic mass is 35.5. The molecule has 0 spiro atoms. The van der Waals surface area contributed by atoms with Crippen molar-refractivity contribution < 1.29 is 13.2 Å². The van der Waals surface area contributed by atoms with E-state index in [2.05, 4.69) is 0 Å². The fourth-order valence-corrected chi connectivity index (χ4v) is 4.00. The average molecular weight is 355 g/mol. The summed E-state index contributed by atoms with van der Waals surface area (Å²) in [6.07, 6.45) is 7.12. The Bertz CT molecular complexity index is 461. The van der Waals surface area contributed by atoms with Gasteiger partial charge in [-0.15, -0.1) is 12.4 Å². The highest BCUT2D eigenvalue weighted by Crippen LogP contribution is 2.38. The fourth-order valence-electron chi connectivity index (χ4n) is 3.10. The van der Waals surface area contributed by atoms with Crippen molar-refractivity contribution in [3.63, 3.8) is 0 Å².